The first-order valence-corrected chi connectivity index (χ1v) is 5.55. The van der Waals surface area contributed by atoms with Gasteiger partial charge in [-0.05, 0) is 25.2 Å². The summed E-state index contributed by atoms with van der Waals surface area (Å²) >= 11 is 0. The number of carbonyl (C=O) groups is 1. The van der Waals surface area contributed by atoms with Gasteiger partial charge >= 0.3 is 29.6 Å². The van der Waals surface area contributed by atoms with Crippen LogP contribution in [0.4, 0.5) is 0 Å². The van der Waals surface area contributed by atoms with Gasteiger partial charge in [0.1, 0.15) is 0 Å². The Morgan fingerprint density at radius 2 is 2.07 bits per heavy atom. The van der Waals surface area contributed by atoms with Gasteiger partial charge in [-0.3, -0.25) is 0 Å². The van der Waals surface area contributed by atoms with Crippen molar-refractivity contribution in [1.29, 1.82) is 0 Å². The van der Waals surface area contributed by atoms with Crippen molar-refractivity contribution in [1.82, 2.24) is 0 Å². The fourth-order valence-corrected chi connectivity index (χ4v) is 2.36. The van der Waals surface area contributed by atoms with Crippen LogP contribution in [0.15, 0.2) is 0 Å². The van der Waals surface area contributed by atoms with E-state index in [9.17, 15) is 15.0 Å². The fourth-order valence-electron chi connectivity index (χ4n) is 2.36. The van der Waals surface area contributed by atoms with Gasteiger partial charge in [0.2, 0.25) is 0 Å². The van der Waals surface area contributed by atoms with Crippen LogP contribution in [0.3, 0.4) is 0 Å². The van der Waals surface area contributed by atoms with Crippen molar-refractivity contribution in [3.63, 3.8) is 0 Å². The predicted octanol–water partition coefficient (Wildman–Crippen LogP) is -2.29. The Kier molecular flexibility index (Phi) is 7.88. The van der Waals surface area contributed by atoms with Gasteiger partial charge in [0.15, 0.2) is 0 Å². The molecule has 4 heteroatoms. The maximum atomic E-state index is 10.8. The maximum absolute atomic E-state index is 10.8. The minimum Gasteiger partial charge on any atom is -0.550 e. The minimum atomic E-state index is -0.983. The minimum absolute atomic E-state index is 0. The van der Waals surface area contributed by atoms with Gasteiger partial charge in [-0.2, -0.15) is 0 Å². The van der Waals surface area contributed by atoms with Crippen LogP contribution >= 0.6 is 0 Å². The standard InChI is InChI=1S/C11H20O3.Na/c1-2-3-4-5-8-9(11(13)14)6-7-10(8)12;/h8-10,12H,2-7H2,1H3,(H,13,14);/q;+1/p-1. The van der Waals surface area contributed by atoms with E-state index in [1.54, 1.807) is 0 Å². The third-order valence-electron chi connectivity index (χ3n) is 3.23. The molecule has 0 aromatic carbocycles. The van der Waals surface area contributed by atoms with Crippen LogP contribution in [0, 0.1) is 11.8 Å². The summed E-state index contributed by atoms with van der Waals surface area (Å²) in [6.07, 6.45) is 4.86. The summed E-state index contributed by atoms with van der Waals surface area (Å²) in [6, 6.07) is 0. The Balaban J connectivity index is 0.00000196. The average molecular weight is 222 g/mol. The molecule has 1 N–H and O–H groups in total. The van der Waals surface area contributed by atoms with Crippen molar-refractivity contribution in [2.75, 3.05) is 0 Å². The molecule has 0 radical (unpaired) electrons. The molecule has 0 aromatic heterocycles. The predicted molar refractivity (Wildman–Crippen MR) is 51.4 cm³/mol. The summed E-state index contributed by atoms with van der Waals surface area (Å²) in [6.45, 7) is 2.11. The van der Waals surface area contributed by atoms with Crippen LogP contribution in [0.1, 0.15) is 45.4 Å². The third kappa shape index (κ3) is 4.43. The Labute approximate surface area is 114 Å². The Bertz CT molecular complexity index is 196. The first-order valence-electron chi connectivity index (χ1n) is 5.55. The van der Waals surface area contributed by atoms with Gasteiger partial charge in [0.25, 0.3) is 0 Å². The molecule has 0 heterocycles. The van der Waals surface area contributed by atoms with Crippen molar-refractivity contribution in [2.45, 2.75) is 51.6 Å². The van der Waals surface area contributed by atoms with Crippen LogP contribution in [0.2, 0.25) is 0 Å². The van der Waals surface area contributed by atoms with Gasteiger partial charge in [-0.1, -0.05) is 26.2 Å². The number of aliphatic hydroxyl groups excluding tert-OH is 1. The topological polar surface area (TPSA) is 60.4 Å². The van der Waals surface area contributed by atoms with Gasteiger partial charge < -0.3 is 15.0 Å². The summed E-state index contributed by atoms with van der Waals surface area (Å²) in [5.74, 6) is -1.46. The maximum Gasteiger partial charge on any atom is 1.00 e. The summed E-state index contributed by atoms with van der Waals surface area (Å²) in [7, 11) is 0. The monoisotopic (exact) mass is 222 g/mol. The van der Waals surface area contributed by atoms with E-state index in [1.165, 1.54) is 0 Å². The first-order chi connectivity index (χ1) is 6.66. The quantitative estimate of drug-likeness (QED) is 0.421. The van der Waals surface area contributed by atoms with E-state index in [1.807, 2.05) is 0 Å². The number of hydrogen-bond acceptors (Lipinski definition) is 3. The number of aliphatic hydroxyl groups is 1. The average Bonchev–Trinajstić information content (AvgIpc) is 2.48. The van der Waals surface area contributed by atoms with E-state index in [-0.39, 0.29) is 35.5 Å². The van der Waals surface area contributed by atoms with Gasteiger partial charge in [0.05, 0.1) is 6.10 Å². The summed E-state index contributed by atoms with van der Waals surface area (Å²) in [5.41, 5.74) is 0. The van der Waals surface area contributed by atoms with E-state index >= 15 is 0 Å². The van der Waals surface area contributed by atoms with Gasteiger partial charge in [-0.15, -0.1) is 0 Å². The number of unbranched alkanes of at least 4 members (excludes halogenated alkanes) is 2. The molecule has 3 nitrogen and oxygen atoms in total. The number of aliphatic carboxylic acids is 1. The molecule has 0 aliphatic heterocycles. The van der Waals surface area contributed by atoms with Crippen LogP contribution in [0.5, 0.6) is 0 Å². The third-order valence-corrected chi connectivity index (χ3v) is 3.23. The van der Waals surface area contributed by atoms with Gasteiger partial charge in [0, 0.05) is 11.9 Å². The first kappa shape index (κ1) is 15.4. The second kappa shape index (κ2) is 7.66. The Morgan fingerprint density at radius 3 is 2.60 bits per heavy atom. The largest absolute Gasteiger partial charge is 1.00 e. The molecule has 3 atom stereocenters. The molecular weight excluding hydrogens is 203 g/mol. The number of carbonyl (C=O) groups excluding carboxylic acids is 1. The fraction of sp³-hybridized carbons (Fsp3) is 0.909. The Morgan fingerprint density at radius 1 is 1.40 bits per heavy atom. The summed E-state index contributed by atoms with van der Waals surface area (Å²) in [4.78, 5) is 10.8. The number of carboxylic acid groups (broad SMARTS) is 1. The molecule has 3 unspecified atom stereocenters. The zero-order valence-electron chi connectivity index (χ0n) is 9.74. The van der Waals surface area contributed by atoms with Crippen LogP contribution in [0.25, 0.3) is 0 Å². The number of carboxylic acids is 1. The van der Waals surface area contributed by atoms with E-state index in [4.69, 9.17) is 0 Å². The molecule has 0 aromatic rings. The molecule has 1 fully saturated rings. The molecule has 0 saturated heterocycles. The summed E-state index contributed by atoms with van der Waals surface area (Å²) in [5, 5.41) is 20.4. The second-order valence-corrected chi connectivity index (χ2v) is 4.23. The number of rotatable bonds is 5. The molecular formula is C11H19NaO3. The van der Waals surface area contributed by atoms with Crippen molar-refractivity contribution in [3.05, 3.63) is 0 Å². The van der Waals surface area contributed by atoms with Crippen molar-refractivity contribution in [3.8, 4) is 0 Å². The smallest absolute Gasteiger partial charge is 0.550 e. The molecule has 0 bridgehead atoms. The summed E-state index contributed by atoms with van der Waals surface area (Å²) < 4.78 is 0. The Hall–Kier alpha value is 0.430. The normalized spacial score (nSPS) is 29.9. The van der Waals surface area contributed by atoms with Gasteiger partial charge in [-0.25, -0.2) is 0 Å². The van der Waals surface area contributed by atoms with Crippen LogP contribution in [-0.2, 0) is 4.79 Å². The molecule has 1 rings (SSSR count). The van der Waals surface area contributed by atoms with Crippen LogP contribution in [-0.4, -0.2) is 17.2 Å². The molecule has 0 amide bonds. The van der Waals surface area contributed by atoms with E-state index in [0.717, 1.165) is 25.7 Å². The second-order valence-electron chi connectivity index (χ2n) is 4.23. The zero-order valence-corrected chi connectivity index (χ0v) is 11.7. The zero-order chi connectivity index (χ0) is 10.6. The van der Waals surface area contributed by atoms with E-state index < -0.39 is 18.0 Å². The molecule has 1 aliphatic rings. The molecule has 0 spiro atoms. The van der Waals surface area contributed by atoms with Crippen molar-refractivity contribution < 1.29 is 44.6 Å². The molecule has 82 valence electrons. The molecule has 1 aliphatic carbocycles. The molecule has 1 saturated carbocycles. The molecule has 15 heavy (non-hydrogen) atoms. The van der Waals surface area contributed by atoms with E-state index in [2.05, 4.69) is 6.92 Å². The van der Waals surface area contributed by atoms with Crippen molar-refractivity contribution >= 4 is 5.97 Å². The van der Waals surface area contributed by atoms with Crippen molar-refractivity contribution in [2.24, 2.45) is 11.8 Å². The van der Waals surface area contributed by atoms with E-state index in [0.29, 0.717) is 12.8 Å². The van der Waals surface area contributed by atoms with Crippen LogP contribution < -0.4 is 34.7 Å². The number of hydrogen-bond donors (Lipinski definition) is 1. The SMILES string of the molecule is CCCCCC1C(O)CCC1C(=O)[O-].[Na+].